The third kappa shape index (κ3) is 9.19. The first-order chi connectivity index (χ1) is 24.1. The number of rotatable bonds is 14. The number of carbonyl (C=O) groups is 4. The van der Waals surface area contributed by atoms with Crippen LogP contribution in [0.25, 0.3) is 10.9 Å². The third-order valence-corrected chi connectivity index (χ3v) is 10.0. The molecular formula is C37H48F4N6O4. The number of aromatic amines is 1. The van der Waals surface area contributed by atoms with Gasteiger partial charge >= 0.3 is 12.2 Å². The number of carbonyl (C=O) groups excluding carboxylic acids is 4. The zero-order chi connectivity index (χ0) is 37.5. The second-order valence-corrected chi connectivity index (χ2v) is 13.5. The van der Waals surface area contributed by atoms with E-state index in [2.05, 4.69) is 31.6 Å². The first-order valence-electron chi connectivity index (χ1n) is 17.5. The van der Waals surface area contributed by atoms with Crippen LogP contribution in [-0.4, -0.2) is 59.4 Å². The Kier molecular flexibility index (Phi) is 12.7. The van der Waals surface area contributed by atoms with E-state index in [1.165, 1.54) is 24.3 Å². The number of urea groups is 1. The van der Waals surface area contributed by atoms with E-state index in [1.54, 1.807) is 26.0 Å². The van der Waals surface area contributed by atoms with Crippen LogP contribution in [0.1, 0.15) is 76.3 Å². The quantitative estimate of drug-likeness (QED) is 0.126. The van der Waals surface area contributed by atoms with Crippen LogP contribution in [0.5, 0.6) is 0 Å². The van der Waals surface area contributed by atoms with Crippen molar-refractivity contribution in [3.05, 3.63) is 70.7 Å². The predicted molar refractivity (Wildman–Crippen MR) is 186 cm³/mol. The molecule has 4 rings (SSSR count). The van der Waals surface area contributed by atoms with Crippen LogP contribution in [0.15, 0.2) is 42.5 Å². The monoisotopic (exact) mass is 716 g/mol. The largest absolute Gasteiger partial charge is 0.418 e. The van der Waals surface area contributed by atoms with Crippen molar-refractivity contribution in [2.75, 3.05) is 13.1 Å². The Balaban J connectivity index is 1.71. The maximum atomic E-state index is 14.5. The highest BCUT2D eigenvalue weighted by molar-refractivity contribution is 5.97. The average Bonchev–Trinajstić information content (AvgIpc) is 3.46. The van der Waals surface area contributed by atoms with Crippen molar-refractivity contribution in [3.8, 4) is 0 Å². The van der Waals surface area contributed by atoms with Crippen molar-refractivity contribution in [3.63, 3.8) is 0 Å². The molecule has 5 amide bonds. The molecule has 0 saturated heterocycles. The Morgan fingerprint density at radius 2 is 1.63 bits per heavy atom. The Bertz CT molecular complexity index is 1730. The van der Waals surface area contributed by atoms with Crippen LogP contribution in [0.2, 0.25) is 0 Å². The predicted octanol–water partition coefficient (Wildman–Crippen LogP) is 5.29. The molecule has 0 bridgehead atoms. The number of hydrogen-bond donors (Lipinski definition) is 6. The van der Waals surface area contributed by atoms with Crippen LogP contribution < -0.4 is 26.6 Å². The van der Waals surface area contributed by atoms with E-state index >= 15 is 0 Å². The molecule has 0 spiro atoms. The molecule has 1 aliphatic rings. The summed E-state index contributed by atoms with van der Waals surface area (Å²) >= 11 is 0. The molecule has 10 nitrogen and oxygen atoms in total. The molecule has 1 aliphatic carbocycles. The van der Waals surface area contributed by atoms with Crippen LogP contribution >= 0.6 is 0 Å². The summed E-state index contributed by atoms with van der Waals surface area (Å²) in [6, 6.07) is 7.61. The van der Waals surface area contributed by atoms with Gasteiger partial charge in [-0.3, -0.25) is 14.4 Å². The number of fused-ring (bicyclic) bond motifs is 3. The molecule has 14 heteroatoms. The molecule has 1 heterocycles. The number of halogens is 4. The molecule has 5 atom stereocenters. The van der Waals surface area contributed by atoms with Crippen molar-refractivity contribution in [1.29, 1.82) is 0 Å². The van der Waals surface area contributed by atoms with E-state index in [0.717, 1.165) is 6.07 Å². The molecule has 0 saturated carbocycles. The number of amides is 5. The number of aryl methyl sites for hydroxylation is 1. The fraction of sp³-hybridized carbons (Fsp3) is 0.514. The lowest BCUT2D eigenvalue weighted by atomic mass is 9.78. The molecule has 0 radical (unpaired) electrons. The lowest BCUT2D eigenvalue weighted by molar-refractivity contribution is -0.137. The summed E-state index contributed by atoms with van der Waals surface area (Å²) in [6.07, 6.45) is -3.75. The number of hydrogen-bond acceptors (Lipinski definition) is 4. The van der Waals surface area contributed by atoms with Gasteiger partial charge in [0.15, 0.2) is 0 Å². The summed E-state index contributed by atoms with van der Waals surface area (Å²) in [5.41, 5.74) is -1.40. The Morgan fingerprint density at radius 3 is 2.27 bits per heavy atom. The summed E-state index contributed by atoms with van der Waals surface area (Å²) in [4.78, 5) is 57.1. The molecular weight excluding hydrogens is 668 g/mol. The van der Waals surface area contributed by atoms with Gasteiger partial charge in [-0.1, -0.05) is 70.9 Å². The second-order valence-electron chi connectivity index (χ2n) is 13.5. The normalized spacial score (nSPS) is 18.1. The third-order valence-electron chi connectivity index (χ3n) is 10.0. The fourth-order valence-corrected chi connectivity index (χ4v) is 6.53. The van der Waals surface area contributed by atoms with Gasteiger partial charge in [-0.05, 0) is 54.9 Å². The van der Waals surface area contributed by atoms with Gasteiger partial charge in [-0.2, -0.15) is 13.2 Å². The van der Waals surface area contributed by atoms with Gasteiger partial charge in [0.25, 0.3) is 0 Å². The van der Waals surface area contributed by atoms with E-state index in [1.807, 2.05) is 20.8 Å². The van der Waals surface area contributed by atoms with Gasteiger partial charge in [0, 0.05) is 36.6 Å². The molecule has 0 fully saturated rings. The van der Waals surface area contributed by atoms with Crippen LogP contribution in [-0.2, 0) is 39.8 Å². The number of nitrogens with one attached hydrogen (secondary N) is 6. The number of benzene rings is 2. The molecule has 2 aromatic carbocycles. The number of H-pyrrole nitrogens is 1. The van der Waals surface area contributed by atoms with Gasteiger partial charge < -0.3 is 31.6 Å². The first kappa shape index (κ1) is 39.2. The first-order valence-corrected chi connectivity index (χ1v) is 17.5. The minimum Gasteiger partial charge on any atom is -0.358 e. The minimum atomic E-state index is -4.62. The Labute approximate surface area is 295 Å². The number of aromatic nitrogens is 1. The van der Waals surface area contributed by atoms with Gasteiger partial charge in [-0.15, -0.1) is 0 Å². The smallest absolute Gasteiger partial charge is 0.358 e. The number of alkyl halides is 3. The number of para-hydroxylation sites is 1. The molecule has 2 unspecified atom stereocenters. The van der Waals surface area contributed by atoms with Gasteiger partial charge in [0.2, 0.25) is 17.7 Å². The average molecular weight is 717 g/mol. The van der Waals surface area contributed by atoms with E-state index in [4.69, 9.17) is 0 Å². The highest BCUT2D eigenvalue weighted by Crippen LogP contribution is 2.40. The summed E-state index contributed by atoms with van der Waals surface area (Å²) in [6.45, 7) is 9.72. The zero-order valence-electron chi connectivity index (χ0n) is 29.7. The summed E-state index contributed by atoms with van der Waals surface area (Å²) in [7, 11) is 0. The standard InChI is InChI=1S/C37H48F4N6O4/c1-6-21(4)29(20-43-35(51)42-8-3)45-34(50)36(17-16-28-25(19-36)24-13-11-14-26(32(24)44-28)37(39,40)41)47-33(49)31(22(5)7-2)46-30(48)18-23-12-9-10-15-27(23)38/h9-15,21-22,29,31,44H,6-8,16-20H2,1-5H3,(H,45,50)(H,46,48)(H,47,49)(H2,42,43,51)/t21?,22?,29-,31+,36-/m1/s1. The maximum absolute atomic E-state index is 14.5. The van der Waals surface area contributed by atoms with E-state index in [0.29, 0.717) is 36.0 Å². The SMILES string of the molecule is CCNC(=O)NC[C@@H](NC(=O)[C@@]1(NC(=O)[C@@H](NC(=O)Cc2ccccc2F)C(C)CC)CCc2[nH]c3c(C(F)(F)F)cccc3c2C1)C(C)CC. The second kappa shape index (κ2) is 16.6. The van der Waals surface area contributed by atoms with Crippen LogP contribution in [0, 0.1) is 17.7 Å². The van der Waals surface area contributed by atoms with Crippen molar-refractivity contribution in [2.45, 2.75) is 96.9 Å². The highest BCUT2D eigenvalue weighted by Gasteiger charge is 2.47. The van der Waals surface area contributed by atoms with E-state index < -0.39 is 64.9 Å². The van der Waals surface area contributed by atoms with Crippen molar-refractivity contribution >= 4 is 34.7 Å². The van der Waals surface area contributed by atoms with E-state index in [9.17, 15) is 36.7 Å². The topological polar surface area (TPSA) is 144 Å². The van der Waals surface area contributed by atoms with Crippen LogP contribution in [0.3, 0.4) is 0 Å². The van der Waals surface area contributed by atoms with Crippen molar-refractivity contribution < 1.29 is 36.7 Å². The Morgan fingerprint density at radius 1 is 0.922 bits per heavy atom. The van der Waals surface area contributed by atoms with Crippen molar-refractivity contribution in [2.24, 2.45) is 11.8 Å². The molecule has 0 aliphatic heterocycles. The van der Waals surface area contributed by atoms with Crippen LogP contribution in [0.4, 0.5) is 22.4 Å². The summed E-state index contributed by atoms with van der Waals surface area (Å²) in [5, 5.41) is 14.4. The van der Waals surface area contributed by atoms with E-state index in [-0.39, 0.29) is 49.2 Å². The summed E-state index contributed by atoms with van der Waals surface area (Å²) < 4.78 is 56.3. The fourth-order valence-electron chi connectivity index (χ4n) is 6.53. The highest BCUT2D eigenvalue weighted by atomic mass is 19.4. The zero-order valence-corrected chi connectivity index (χ0v) is 29.7. The maximum Gasteiger partial charge on any atom is 0.418 e. The molecule has 3 aromatic rings. The van der Waals surface area contributed by atoms with Gasteiger partial charge in [0.1, 0.15) is 17.4 Å². The summed E-state index contributed by atoms with van der Waals surface area (Å²) in [5.74, 6) is -2.86. The minimum absolute atomic E-state index is 0.0408. The van der Waals surface area contributed by atoms with Crippen molar-refractivity contribution in [1.82, 2.24) is 31.6 Å². The molecule has 6 N–H and O–H groups in total. The molecule has 51 heavy (non-hydrogen) atoms. The van der Waals surface area contributed by atoms with Gasteiger partial charge in [-0.25, -0.2) is 9.18 Å². The lowest BCUT2D eigenvalue weighted by Crippen LogP contribution is -2.67. The molecule has 278 valence electrons. The van der Waals surface area contributed by atoms with Gasteiger partial charge in [0.05, 0.1) is 17.5 Å². The Hall–Kier alpha value is -4.62. The molecule has 1 aromatic heterocycles. The lowest BCUT2D eigenvalue weighted by Gasteiger charge is -2.40.